The van der Waals surface area contributed by atoms with E-state index in [2.05, 4.69) is 16.0 Å². The molecule has 3 amide bonds. The van der Waals surface area contributed by atoms with Gasteiger partial charge in [-0.25, -0.2) is 4.79 Å². The maximum Gasteiger partial charge on any atom is 0.418 e. The molecule has 0 fully saturated rings. The van der Waals surface area contributed by atoms with Gasteiger partial charge in [-0.05, 0) is 31.5 Å². The minimum absolute atomic E-state index is 0.141. The highest BCUT2D eigenvalue weighted by Crippen LogP contribution is 2.35. The Morgan fingerprint density at radius 3 is 2.46 bits per heavy atom. The number of carbonyl (C=O) groups is 2. The van der Waals surface area contributed by atoms with Crippen LogP contribution in [0.3, 0.4) is 0 Å². The van der Waals surface area contributed by atoms with Crippen LogP contribution < -0.4 is 16.0 Å². The van der Waals surface area contributed by atoms with Crippen molar-refractivity contribution in [3.8, 4) is 0 Å². The van der Waals surface area contributed by atoms with Crippen LogP contribution in [0.1, 0.15) is 29.7 Å². The first kappa shape index (κ1) is 19.5. The average molecular weight is 389 g/mol. The van der Waals surface area contributed by atoms with Crippen LogP contribution in [0.4, 0.5) is 23.7 Å². The van der Waals surface area contributed by atoms with Crippen molar-refractivity contribution >= 4 is 17.6 Å². The highest BCUT2D eigenvalue weighted by molar-refractivity contribution is 6.07. The largest absolute Gasteiger partial charge is 0.418 e. The SMILES string of the molecule is CC1=C(C(=O)Nc2ccccc2C(F)(F)F)C(c2cccc(C)c2)NC(=O)N1. The molecule has 146 valence electrons. The van der Waals surface area contributed by atoms with Crippen molar-refractivity contribution in [2.24, 2.45) is 0 Å². The number of amides is 3. The third-order valence-corrected chi connectivity index (χ3v) is 4.37. The van der Waals surface area contributed by atoms with E-state index in [4.69, 9.17) is 0 Å². The van der Waals surface area contributed by atoms with Crippen LogP contribution in [0.2, 0.25) is 0 Å². The molecule has 3 N–H and O–H groups in total. The van der Waals surface area contributed by atoms with E-state index in [1.54, 1.807) is 18.2 Å². The van der Waals surface area contributed by atoms with Gasteiger partial charge in [0.1, 0.15) is 0 Å². The van der Waals surface area contributed by atoms with Crippen molar-refractivity contribution < 1.29 is 22.8 Å². The molecule has 0 aliphatic carbocycles. The Kier molecular flexibility index (Phi) is 5.13. The van der Waals surface area contributed by atoms with Gasteiger partial charge in [0.2, 0.25) is 0 Å². The molecule has 1 atom stereocenters. The van der Waals surface area contributed by atoms with Gasteiger partial charge in [-0.3, -0.25) is 4.79 Å². The van der Waals surface area contributed by atoms with E-state index >= 15 is 0 Å². The Morgan fingerprint density at radius 2 is 1.79 bits per heavy atom. The molecule has 2 aromatic carbocycles. The molecule has 1 heterocycles. The van der Waals surface area contributed by atoms with Gasteiger partial charge in [0.05, 0.1) is 22.9 Å². The van der Waals surface area contributed by atoms with Crippen molar-refractivity contribution in [1.29, 1.82) is 0 Å². The monoisotopic (exact) mass is 389 g/mol. The van der Waals surface area contributed by atoms with Gasteiger partial charge in [0, 0.05) is 5.70 Å². The fraction of sp³-hybridized carbons (Fsp3) is 0.200. The Hall–Kier alpha value is -3.29. The number of urea groups is 1. The zero-order valence-electron chi connectivity index (χ0n) is 15.1. The summed E-state index contributed by atoms with van der Waals surface area (Å²) in [7, 11) is 0. The number of aryl methyl sites for hydroxylation is 1. The number of halogens is 3. The number of alkyl halides is 3. The van der Waals surface area contributed by atoms with Gasteiger partial charge >= 0.3 is 12.2 Å². The van der Waals surface area contributed by atoms with Crippen molar-refractivity contribution in [2.45, 2.75) is 26.1 Å². The lowest BCUT2D eigenvalue weighted by Crippen LogP contribution is -2.46. The maximum absolute atomic E-state index is 13.2. The Balaban J connectivity index is 1.99. The van der Waals surface area contributed by atoms with E-state index in [0.717, 1.165) is 11.6 Å². The smallest absolute Gasteiger partial charge is 0.327 e. The molecule has 0 spiro atoms. The summed E-state index contributed by atoms with van der Waals surface area (Å²) in [5.74, 6) is -0.729. The quantitative estimate of drug-likeness (QED) is 0.733. The number of benzene rings is 2. The predicted molar refractivity (Wildman–Crippen MR) is 98.4 cm³/mol. The second-order valence-corrected chi connectivity index (χ2v) is 6.48. The van der Waals surface area contributed by atoms with Crippen LogP contribution in [0.15, 0.2) is 59.8 Å². The summed E-state index contributed by atoms with van der Waals surface area (Å²) in [4.78, 5) is 24.8. The van der Waals surface area contributed by atoms with Crippen molar-refractivity contribution in [1.82, 2.24) is 10.6 Å². The first-order valence-corrected chi connectivity index (χ1v) is 8.49. The van der Waals surface area contributed by atoms with E-state index < -0.39 is 29.7 Å². The normalized spacial score (nSPS) is 17.0. The molecule has 0 radical (unpaired) electrons. The minimum atomic E-state index is -4.61. The highest BCUT2D eigenvalue weighted by Gasteiger charge is 2.35. The van der Waals surface area contributed by atoms with Gasteiger partial charge in [0.15, 0.2) is 0 Å². The maximum atomic E-state index is 13.2. The van der Waals surface area contributed by atoms with Crippen LogP contribution in [-0.4, -0.2) is 11.9 Å². The molecule has 8 heteroatoms. The number of allylic oxidation sites excluding steroid dienone is 1. The first-order valence-electron chi connectivity index (χ1n) is 8.49. The summed E-state index contributed by atoms with van der Waals surface area (Å²) in [6.45, 7) is 3.40. The number of anilines is 1. The van der Waals surface area contributed by atoms with E-state index in [0.29, 0.717) is 5.56 Å². The summed E-state index contributed by atoms with van der Waals surface area (Å²) in [5.41, 5.74) is 0.703. The second-order valence-electron chi connectivity index (χ2n) is 6.48. The zero-order valence-corrected chi connectivity index (χ0v) is 15.1. The Morgan fingerprint density at radius 1 is 1.07 bits per heavy atom. The van der Waals surface area contributed by atoms with E-state index in [9.17, 15) is 22.8 Å². The Bertz CT molecular complexity index is 967. The van der Waals surface area contributed by atoms with Gasteiger partial charge in [-0.1, -0.05) is 42.0 Å². The molecule has 2 aromatic rings. The molecule has 1 aliphatic rings. The summed E-state index contributed by atoms with van der Waals surface area (Å²) in [6.07, 6.45) is -4.61. The van der Waals surface area contributed by atoms with Crippen LogP contribution in [0.25, 0.3) is 0 Å². The molecule has 0 aromatic heterocycles. The number of hydrogen-bond acceptors (Lipinski definition) is 2. The molecular formula is C20H18F3N3O2. The van der Waals surface area contributed by atoms with Gasteiger partial charge < -0.3 is 16.0 Å². The van der Waals surface area contributed by atoms with Crippen molar-refractivity contribution in [3.05, 3.63) is 76.5 Å². The molecule has 5 nitrogen and oxygen atoms in total. The first-order chi connectivity index (χ1) is 13.2. The number of carbonyl (C=O) groups excluding carboxylic acids is 2. The van der Waals surface area contributed by atoms with Crippen LogP contribution in [0, 0.1) is 6.92 Å². The fourth-order valence-corrected chi connectivity index (χ4v) is 3.12. The fourth-order valence-electron chi connectivity index (χ4n) is 3.12. The molecule has 28 heavy (non-hydrogen) atoms. The van der Waals surface area contributed by atoms with Crippen molar-refractivity contribution in [3.63, 3.8) is 0 Å². The molecule has 1 aliphatic heterocycles. The average Bonchev–Trinajstić information content (AvgIpc) is 2.60. The number of nitrogens with one attached hydrogen (secondary N) is 3. The standard InChI is InChI=1S/C20H18F3N3O2/c1-11-6-5-7-13(10-11)17-16(12(2)24-19(28)26-17)18(27)25-15-9-4-3-8-14(15)20(21,22)23/h3-10,17H,1-2H3,(H,25,27)(H2,24,26,28). The molecule has 1 unspecified atom stereocenters. The third-order valence-electron chi connectivity index (χ3n) is 4.37. The minimum Gasteiger partial charge on any atom is -0.327 e. The van der Waals surface area contributed by atoms with Gasteiger partial charge in [-0.15, -0.1) is 0 Å². The predicted octanol–water partition coefficient (Wildman–Crippen LogP) is 4.28. The van der Waals surface area contributed by atoms with E-state index in [1.807, 2.05) is 13.0 Å². The zero-order chi connectivity index (χ0) is 20.5. The van der Waals surface area contributed by atoms with E-state index in [1.165, 1.54) is 25.1 Å². The summed E-state index contributed by atoms with van der Waals surface area (Å²) >= 11 is 0. The lowest BCUT2D eigenvalue weighted by molar-refractivity contribution is -0.137. The molecule has 0 bridgehead atoms. The lowest BCUT2D eigenvalue weighted by Gasteiger charge is -2.29. The number of para-hydroxylation sites is 1. The molecule has 3 rings (SSSR count). The van der Waals surface area contributed by atoms with Crippen LogP contribution in [0.5, 0.6) is 0 Å². The van der Waals surface area contributed by atoms with Crippen LogP contribution >= 0.6 is 0 Å². The topological polar surface area (TPSA) is 70.2 Å². The number of rotatable bonds is 3. The molecule has 0 saturated heterocycles. The van der Waals surface area contributed by atoms with Gasteiger partial charge in [-0.2, -0.15) is 13.2 Å². The second kappa shape index (κ2) is 7.38. The summed E-state index contributed by atoms with van der Waals surface area (Å²) in [5, 5.41) is 7.50. The van der Waals surface area contributed by atoms with E-state index in [-0.39, 0.29) is 17.0 Å². The third kappa shape index (κ3) is 4.00. The van der Waals surface area contributed by atoms with Crippen molar-refractivity contribution in [2.75, 3.05) is 5.32 Å². The van der Waals surface area contributed by atoms with Crippen LogP contribution in [-0.2, 0) is 11.0 Å². The summed E-state index contributed by atoms with van der Waals surface area (Å²) in [6, 6.07) is 10.7. The lowest BCUT2D eigenvalue weighted by atomic mass is 9.93. The van der Waals surface area contributed by atoms with Gasteiger partial charge in [0.25, 0.3) is 5.91 Å². The molecular weight excluding hydrogens is 371 g/mol. The highest BCUT2D eigenvalue weighted by atomic mass is 19.4. The number of hydrogen-bond donors (Lipinski definition) is 3. The Labute approximate surface area is 159 Å². The molecule has 0 saturated carbocycles. The summed E-state index contributed by atoms with van der Waals surface area (Å²) < 4.78 is 39.7.